The molecule has 0 aliphatic carbocycles. The van der Waals surface area contributed by atoms with E-state index in [1.54, 1.807) is 6.07 Å². The average molecular weight is 304 g/mol. The van der Waals surface area contributed by atoms with Crippen LogP contribution in [0.1, 0.15) is 18.2 Å². The van der Waals surface area contributed by atoms with Crippen LogP contribution in [0.5, 0.6) is 0 Å². The number of nitrogens with one attached hydrogen (secondary N) is 2. The Morgan fingerprint density at radius 3 is 2.76 bits per heavy atom. The van der Waals surface area contributed by atoms with Gasteiger partial charge in [-0.15, -0.1) is 0 Å². The van der Waals surface area contributed by atoms with Crippen LogP contribution in [-0.4, -0.2) is 26.2 Å². The molecular formula is C15H16N2O3S. The van der Waals surface area contributed by atoms with E-state index in [9.17, 15) is 13.2 Å². The summed E-state index contributed by atoms with van der Waals surface area (Å²) < 4.78 is 24.2. The number of hydrogen-bond donors (Lipinski definition) is 2. The fourth-order valence-electron chi connectivity index (χ4n) is 1.98. The van der Waals surface area contributed by atoms with E-state index >= 15 is 0 Å². The van der Waals surface area contributed by atoms with Gasteiger partial charge in [0.25, 0.3) is 5.56 Å². The van der Waals surface area contributed by atoms with E-state index in [2.05, 4.69) is 21.5 Å². The van der Waals surface area contributed by atoms with Crippen LogP contribution in [0, 0.1) is 11.8 Å². The standard InChI is InChI=1S/C15H16N2O3S/c1-3-13-10-12-7-4-6-11(14(12)15(18)17-13)8-5-9-16-21(2,19)20/h4,6-7,10,16H,3,9H2,1-2H3,(H,17,18). The highest BCUT2D eigenvalue weighted by Gasteiger charge is 2.05. The van der Waals surface area contributed by atoms with Gasteiger partial charge in [-0.3, -0.25) is 4.79 Å². The molecule has 2 aromatic rings. The number of H-pyrrole nitrogens is 1. The molecule has 0 fully saturated rings. The van der Waals surface area contributed by atoms with Gasteiger partial charge in [-0.2, -0.15) is 0 Å². The number of hydrogen-bond acceptors (Lipinski definition) is 3. The van der Waals surface area contributed by atoms with Crippen molar-refractivity contribution in [3.8, 4) is 11.8 Å². The quantitative estimate of drug-likeness (QED) is 0.830. The molecule has 1 heterocycles. The SMILES string of the molecule is CCc1cc2cccc(C#CCNS(C)(=O)=O)c2c(=O)[nH]1. The van der Waals surface area contributed by atoms with E-state index in [1.807, 2.05) is 25.1 Å². The molecule has 0 aliphatic rings. The second-order valence-electron chi connectivity index (χ2n) is 4.64. The zero-order valence-electron chi connectivity index (χ0n) is 11.9. The number of fused-ring (bicyclic) bond motifs is 1. The van der Waals surface area contributed by atoms with Crippen molar-refractivity contribution in [2.24, 2.45) is 0 Å². The molecule has 5 nitrogen and oxygen atoms in total. The highest BCUT2D eigenvalue weighted by atomic mass is 32.2. The molecule has 0 aliphatic heterocycles. The molecule has 0 amide bonds. The van der Waals surface area contributed by atoms with Crippen molar-refractivity contribution < 1.29 is 8.42 Å². The molecule has 21 heavy (non-hydrogen) atoms. The average Bonchev–Trinajstić information content (AvgIpc) is 2.42. The van der Waals surface area contributed by atoms with Crippen molar-refractivity contribution >= 4 is 20.8 Å². The fraction of sp³-hybridized carbons (Fsp3) is 0.267. The number of aryl methyl sites for hydroxylation is 1. The van der Waals surface area contributed by atoms with Crippen LogP contribution in [0.15, 0.2) is 29.1 Å². The van der Waals surface area contributed by atoms with Gasteiger partial charge in [-0.05, 0) is 23.9 Å². The van der Waals surface area contributed by atoms with Crippen LogP contribution in [0.4, 0.5) is 0 Å². The third kappa shape index (κ3) is 3.94. The highest BCUT2D eigenvalue weighted by Crippen LogP contribution is 2.14. The Kier molecular flexibility index (Phi) is 4.46. The Labute approximate surface area is 123 Å². The van der Waals surface area contributed by atoms with Crippen LogP contribution in [0.2, 0.25) is 0 Å². The first kappa shape index (κ1) is 15.3. The maximum absolute atomic E-state index is 12.1. The molecule has 2 rings (SSSR count). The van der Waals surface area contributed by atoms with Crippen LogP contribution < -0.4 is 10.3 Å². The molecule has 1 aromatic carbocycles. The van der Waals surface area contributed by atoms with Crippen molar-refractivity contribution in [3.05, 3.63) is 45.9 Å². The van der Waals surface area contributed by atoms with Gasteiger partial charge in [-0.1, -0.05) is 30.9 Å². The molecule has 0 spiro atoms. The lowest BCUT2D eigenvalue weighted by molar-refractivity contribution is 0.592. The highest BCUT2D eigenvalue weighted by molar-refractivity contribution is 7.88. The topological polar surface area (TPSA) is 79.0 Å². The predicted octanol–water partition coefficient (Wildman–Crippen LogP) is 0.991. The minimum absolute atomic E-state index is 0.0141. The van der Waals surface area contributed by atoms with Gasteiger partial charge in [0, 0.05) is 11.3 Å². The lowest BCUT2D eigenvalue weighted by atomic mass is 10.1. The van der Waals surface area contributed by atoms with Crippen LogP contribution in [-0.2, 0) is 16.4 Å². The molecule has 0 saturated carbocycles. The van der Waals surface area contributed by atoms with Crippen LogP contribution >= 0.6 is 0 Å². The molecule has 0 bridgehead atoms. The third-order valence-electron chi connectivity index (χ3n) is 2.95. The van der Waals surface area contributed by atoms with E-state index < -0.39 is 10.0 Å². The zero-order valence-corrected chi connectivity index (χ0v) is 12.7. The van der Waals surface area contributed by atoms with E-state index in [0.717, 1.165) is 23.8 Å². The number of aromatic amines is 1. The lowest BCUT2D eigenvalue weighted by Gasteiger charge is -2.03. The van der Waals surface area contributed by atoms with Gasteiger partial charge in [0.15, 0.2) is 0 Å². The van der Waals surface area contributed by atoms with E-state index in [1.165, 1.54) is 0 Å². The number of aromatic nitrogens is 1. The Hall–Kier alpha value is -2.10. The predicted molar refractivity (Wildman–Crippen MR) is 83.7 cm³/mol. The maximum Gasteiger partial charge on any atom is 0.257 e. The summed E-state index contributed by atoms with van der Waals surface area (Å²) in [5.41, 5.74) is 1.29. The molecule has 1 aromatic heterocycles. The Bertz CT molecular complexity index is 887. The minimum Gasteiger partial charge on any atom is -0.326 e. The van der Waals surface area contributed by atoms with Gasteiger partial charge in [-0.25, -0.2) is 13.1 Å². The molecule has 6 heteroatoms. The number of rotatable bonds is 3. The summed E-state index contributed by atoms with van der Waals surface area (Å²) in [5, 5.41) is 1.36. The largest absolute Gasteiger partial charge is 0.326 e. The van der Waals surface area contributed by atoms with E-state index in [0.29, 0.717) is 10.9 Å². The summed E-state index contributed by atoms with van der Waals surface area (Å²) in [6, 6.07) is 7.37. The van der Waals surface area contributed by atoms with Gasteiger partial charge >= 0.3 is 0 Å². The summed E-state index contributed by atoms with van der Waals surface area (Å²) >= 11 is 0. The molecule has 2 N–H and O–H groups in total. The Balaban J connectivity index is 2.42. The first-order valence-corrected chi connectivity index (χ1v) is 8.38. The second-order valence-corrected chi connectivity index (χ2v) is 6.48. The smallest absolute Gasteiger partial charge is 0.257 e. The molecule has 110 valence electrons. The zero-order chi connectivity index (χ0) is 15.5. The van der Waals surface area contributed by atoms with Crippen molar-refractivity contribution in [1.82, 2.24) is 9.71 Å². The molecular weight excluding hydrogens is 288 g/mol. The monoisotopic (exact) mass is 304 g/mol. The minimum atomic E-state index is -3.26. The molecule has 0 unspecified atom stereocenters. The summed E-state index contributed by atoms with van der Waals surface area (Å²) in [4.78, 5) is 15.0. The second kappa shape index (κ2) is 6.12. The van der Waals surface area contributed by atoms with Crippen molar-refractivity contribution in [1.29, 1.82) is 0 Å². The van der Waals surface area contributed by atoms with Gasteiger partial charge in [0.1, 0.15) is 0 Å². The molecule has 0 atom stereocenters. The van der Waals surface area contributed by atoms with E-state index in [-0.39, 0.29) is 12.1 Å². The lowest BCUT2D eigenvalue weighted by Crippen LogP contribution is -2.21. The third-order valence-corrected chi connectivity index (χ3v) is 3.62. The summed E-state index contributed by atoms with van der Waals surface area (Å²) in [5.74, 6) is 5.55. The number of pyridine rings is 1. The summed E-state index contributed by atoms with van der Waals surface area (Å²) in [7, 11) is -3.26. The number of benzene rings is 1. The van der Waals surface area contributed by atoms with Crippen LogP contribution in [0.25, 0.3) is 10.8 Å². The first-order chi connectivity index (χ1) is 9.90. The van der Waals surface area contributed by atoms with Crippen molar-refractivity contribution in [2.75, 3.05) is 12.8 Å². The van der Waals surface area contributed by atoms with Crippen molar-refractivity contribution in [2.45, 2.75) is 13.3 Å². The van der Waals surface area contributed by atoms with E-state index in [4.69, 9.17) is 0 Å². The summed E-state index contributed by atoms with van der Waals surface area (Å²) in [6.45, 7) is 1.98. The van der Waals surface area contributed by atoms with Crippen molar-refractivity contribution in [3.63, 3.8) is 0 Å². The van der Waals surface area contributed by atoms with Gasteiger partial charge in [0.05, 0.1) is 18.2 Å². The first-order valence-electron chi connectivity index (χ1n) is 6.49. The molecule has 0 radical (unpaired) electrons. The maximum atomic E-state index is 12.1. The number of sulfonamides is 1. The van der Waals surface area contributed by atoms with Gasteiger partial charge in [0.2, 0.25) is 10.0 Å². The van der Waals surface area contributed by atoms with Gasteiger partial charge < -0.3 is 4.98 Å². The normalized spacial score (nSPS) is 11.1. The fourth-order valence-corrected chi connectivity index (χ4v) is 2.31. The van der Waals surface area contributed by atoms with Crippen LogP contribution in [0.3, 0.4) is 0 Å². The molecule has 0 saturated heterocycles. The Morgan fingerprint density at radius 1 is 1.33 bits per heavy atom. The summed E-state index contributed by atoms with van der Waals surface area (Å²) in [6.07, 6.45) is 1.82. The Morgan fingerprint density at radius 2 is 2.10 bits per heavy atom.